The van der Waals surface area contributed by atoms with Crippen molar-refractivity contribution in [3.05, 3.63) is 35.9 Å². The molecule has 0 saturated carbocycles. The summed E-state index contributed by atoms with van der Waals surface area (Å²) in [6.45, 7) is 7.47. The number of carbonyl (C=O) groups excluding carboxylic acids is 1. The summed E-state index contributed by atoms with van der Waals surface area (Å²) in [5.41, 5.74) is 1.34. The number of amides is 1. The van der Waals surface area contributed by atoms with Crippen LogP contribution in [-0.4, -0.2) is 25.0 Å². The highest BCUT2D eigenvalue weighted by molar-refractivity contribution is 5.77. The monoisotopic (exact) mass is 248 g/mol. The third kappa shape index (κ3) is 5.82. The van der Waals surface area contributed by atoms with Crippen LogP contribution >= 0.6 is 0 Å². The van der Waals surface area contributed by atoms with Crippen LogP contribution in [0.3, 0.4) is 0 Å². The van der Waals surface area contributed by atoms with Crippen molar-refractivity contribution in [3.63, 3.8) is 0 Å². The zero-order valence-electron chi connectivity index (χ0n) is 11.6. The molecule has 1 atom stereocenters. The molecule has 3 nitrogen and oxygen atoms in total. The topological polar surface area (TPSA) is 41.1 Å². The zero-order chi connectivity index (χ0) is 13.4. The highest BCUT2D eigenvalue weighted by atomic mass is 16.1. The van der Waals surface area contributed by atoms with E-state index >= 15 is 0 Å². The Labute approximate surface area is 110 Å². The van der Waals surface area contributed by atoms with Crippen LogP contribution in [0.4, 0.5) is 0 Å². The van der Waals surface area contributed by atoms with Crippen molar-refractivity contribution in [2.24, 2.45) is 5.92 Å². The Kier molecular flexibility index (Phi) is 6.44. The summed E-state index contributed by atoms with van der Waals surface area (Å²) in [6, 6.07) is 10.8. The first-order chi connectivity index (χ1) is 8.59. The molecular formula is C15H24N2O. The van der Waals surface area contributed by atoms with Gasteiger partial charge in [-0.15, -0.1) is 0 Å². The third-order valence-corrected chi connectivity index (χ3v) is 2.83. The average Bonchev–Trinajstić information content (AvgIpc) is 2.35. The molecule has 0 spiro atoms. The fraction of sp³-hybridized carbons (Fsp3) is 0.533. The van der Waals surface area contributed by atoms with Crippen molar-refractivity contribution in [2.45, 2.75) is 33.2 Å². The van der Waals surface area contributed by atoms with Gasteiger partial charge < -0.3 is 10.6 Å². The summed E-state index contributed by atoms with van der Waals surface area (Å²) >= 11 is 0. The maximum atomic E-state index is 11.3. The van der Waals surface area contributed by atoms with Crippen molar-refractivity contribution in [3.8, 4) is 0 Å². The van der Waals surface area contributed by atoms with Crippen LogP contribution in [0.2, 0.25) is 0 Å². The first-order valence-corrected chi connectivity index (χ1v) is 6.64. The van der Waals surface area contributed by atoms with Gasteiger partial charge in [0.05, 0.1) is 0 Å². The summed E-state index contributed by atoms with van der Waals surface area (Å²) in [7, 11) is 0. The van der Waals surface area contributed by atoms with Crippen LogP contribution in [0.1, 0.15) is 26.3 Å². The van der Waals surface area contributed by atoms with Crippen molar-refractivity contribution in [1.82, 2.24) is 10.6 Å². The summed E-state index contributed by atoms with van der Waals surface area (Å²) in [5, 5.41) is 6.31. The van der Waals surface area contributed by atoms with E-state index < -0.39 is 0 Å². The van der Waals surface area contributed by atoms with Crippen molar-refractivity contribution < 1.29 is 4.79 Å². The Morgan fingerprint density at radius 1 is 1.11 bits per heavy atom. The predicted octanol–water partition coefficient (Wildman–Crippen LogP) is 1.98. The van der Waals surface area contributed by atoms with Gasteiger partial charge in [-0.25, -0.2) is 0 Å². The average molecular weight is 248 g/mol. The van der Waals surface area contributed by atoms with Gasteiger partial charge in [0.2, 0.25) is 5.91 Å². The van der Waals surface area contributed by atoms with E-state index in [1.807, 2.05) is 19.9 Å². The predicted molar refractivity (Wildman–Crippen MR) is 75.5 cm³/mol. The molecule has 0 aliphatic carbocycles. The molecule has 1 aromatic carbocycles. The van der Waals surface area contributed by atoms with E-state index in [4.69, 9.17) is 0 Å². The minimum absolute atomic E-state index is 0.0618. The lowest BCUT2D eigenvalue weighted by molar-refractivity contribution is -0.123. The molecule has 1 aromatic rings. The zero-order valence-corrected chi connectivity index (χ0v) is 11.6. The summed E-state index contributed by atoms with van der Waals surface area (Å²) in [6.07, 6.45) is 1.01. The van der Waals surface area contributed by atoms with Crippen LogP contribution < -0.4 is 10.6 Å². The second-order valence-corrected chi connectivity index (χ2v) is 4.99. The van der Waals surface area contributed by atoms with Crippen molar-refractivity contribution in [2.75, 3.05) is 13.1 Å². The lowest BCUT2D eigenvalue weighted by Crippen LogP contribution is -2.37. The van der Waals surface area contributed by atoms with Gasteiger partial charge in [-0.1, -0.05) is 44.2 Å². The standard InChI is InChI=1S/C15H24N2O/c1-12(2)15(18)17-10-9-16-13(3)11-14-7-5-4-6-8-14/h4-8,12-13,16H,9-11H2,1-3H3,(H,17,18). The number of nitrogens with one attached hydrogen (secondary N) is 2. The molecule has 0 fully saturated rings. The number of benzene rings is 1. The van der Waals surface area contributed by atoms with Crippen LogP contribution in [0.25, 0.3) is 0 Å². The Morgan fingerprint density at radius 3 is 2.39 bits per heavy atom. The molecule has 0 radical (unpaired) electrons. The van der Waals surface area contributed by atoms with E-state index in [2.05, 4.69) is 41.8 Å². The molecule has 0 bridgehead atoms. The van der Waals surface area contributed by atoms with Gasteiger partial charge in [-0.05, 0) is 18.9 Å². The molecule has 2 N–H and O–H groups in total. The van der Waals surface area contributed by atoms with Crippen LogP contribution in [0.5, 0.6) is 0 Å². The minimum atomic E-state index is 0.0618. The maximum Gasteiger partial charge on any atom is 0.222 e. The SMILES string of the molecule is CC(Cc1ccccc1)NCCNC(=O)C(C)C. The van der Waals surface area contributed by atoms with Crippen LogP contribution in [0.15, 0.2) is 30.3 Å². The number of hydrogen-bond acceptors (Lipinski definition) is 2. The van der Waals surface area contributed by atoms with Gasteiger partial charge in [-0.3, -0.25) is 4.79 Å². The number of carbonyl (C=O) groups is 1. The number of hydrogen-bond donors (Lipinski definition) is 2. The minimum Gasteiger partial charge on any atom is -0.355 e. The Bertz CT molecular complexity index is 349. The van der Waals surface area contributed by atoms with Crippen molar-refractivity contribution in [1.29, 1.82) is 0 Å². The molecule has 0 aliphatic rings. The Balaban J connectivity index is 2.14. The van der Waals surface area contributed by atoms with E-state index in [9.17, 15) is 4.79 Å². The molecule has 3 heteroatoms. The van der Waals surface area contributed by atoms with E-state index in [0.29, 0.717) is 12.6 Å². The lowest BCUT2D eigenvalue weighted by atomic mass is 10.1. The van der Waals surface area contributed by atoms with Crippen LogP contribution in [-0.2, 0) is 11.2 Å². The Morgan fingerprint density at radius 2 is 1.78 bits per heavy atom. The molecular weight excluding hydrogens is 224 g/mol. The van der Waals surface area contributed by atoms with E-state index in [0.717, 1.165) is 13.0 Å². The second kappa shape index (κ2) is 7.88. The summed E-state index contributed by atoms with van der Waals surface area (Å²) < 4.78 is 0. The van der Waals surface area contributed by atoms with Gasteiger partial charge in [0.1, 0.15) is 0 Å². The van der Waals surface area contributed by atoms with Gasteiger partial charge >= 0.3 is 0 Å². The van der Waals surface area contributed by atoms with E-state index in [-0.39, 0.29) is 11.8 Å². The first kappa shape index (κ1) is 14.7. The highest BCUT2D eigenvalue weighted by Crippen LogP contribution is 2.02. The van der Waals surface area contributed by atoms with Gasteiger partial charge in [0.15, 0.2) is 0 Å². The molecule has 1 amide bonds. The highest BCUT2D eigenvalue weighted by Gasteiger charge is 2.06. The first-order valence-electron chi connectivity index (χ1n) is 6.64. The maximum absolute atomic E-state index is 11.3. The lowest BCUT2D eigenvalue weighted by Gasteiger charge is -2.14. The normalized spacial score (nSPS) is 12.4. The third-order valence-electron chi connectivity index (χ3n) is 2.83. The molecule has 0 aromatic heterocycles. The molecule has 1 rings (SSSR count). The smallest absolute Gasteiger partial charge is 0.222 e. The molecule has 0 heterocycles. The second-order valence-electron chi connectivity index (χ2n) is 4.99. The molecule has 100 valence electrons. The van der Waals surface area contributed by atoms with Crippen LogP contribution in [0, 0.1) is 5.92 Å². The molecule has 0 aliphatic heterocycles. The fourth-order valence-corrected chi connectivity index (χ4v) is 1.75. The van der Waals surface area contributed by atoms with Crippen molar-refractivity contribution >= 4 is 5.91 Å². The largest absolute Gasteiger partial charge is 0.355 e. The summed E-state index contributed by atoms with van der Waals surface area (Å²) in [5.74, 6) is 0.180. The van der Waals surface area contributed by atoms with E-state index in [1.54, 1.807) is 0 Å². The molecule has 18 heavy (non-hydrogen) atoms. The molecule has 1 unspecified atom stereocenters. The van der Waals surface area contributed by atoms with Gasteiger partial charge in [0.25, 0.3) is 0 Å². The van der Waals surface area contributed by atoms with Gasteiger partial charge in [-0.2, -0.15) is 0 Å². The number of rotatable bonds is 7. The summed E-state index contributed by atoms with van der Waals surface area (Å²) in [4.78, 5) is 11.3. The Hall–Kier alpha value is -1.35. The van der Waals surface area contributed by atoms with E-state index in [1.165, 1.54) is 5.56 Å². The molecule has 0 saturated heterocycles. The van der Waals surface area contributed by atoms with Gasteiger partial charge in [0, 0.05) is 25.0 Å². The quantitative estimate of drug-likeness (QED) is 0.724. The fourth-order valence-electron chi connectivity index (χ4n) is 1.75.